The molecule has 0 N–H and O–H groups in total. The fraction of sp³-hybridized carbons (Fsp3) is 0.0417. The molecular formula is C24H16FN3O. The molecule has 2 aromatic heterocycles. The summed E-state index contributed by atoms with van der Waals surface area (Å²) in [5, 5.41) is 2.25. The van der Waals surface area contributed by atoms with Crippen molar-refractivity contribution in [3.05, 3.63) is 107 Å². The van der Waals surface area contributed by atoms with Crippen molar-refractivity contribution in [1.82, 2.24) is 14.5 Å². The first kappa shape index (κ1) is 17.3. The minimum absolute atomic E-state index is 0.0994. The Balaban J connectivity index is 1.50. The van der Waals surface area contributed by atoms with Crippen LogP contribution in [0.2, 0.25) is 0 Å². The number of hydrogen-bond acceptors (Lipinski definition) is 3. The largest absolute Gasteiger partial charge is 0.293 e. The van der Waals surface area contributed by atoms with Crippen LogP contribution in [0.15, 0.2) is 90.1 Å². The van der Waals surface area contributed by atoms with Gasteiger partial charge in [0.25, 0.3) is 5.56 Å². The van der Waals surface area contributed by atoms with Gasteiger partial charge in [0.15, 0.2) is 5.52 Å². The summed E-state index contributed by atoms with van der Waals surface area (Å²) in [5.74, 6) is -0.358. The van der Waals surface area contributed by atoms with E-state index in [1.54, 1.807) is 24.4 Å². The highest BCUT2D eigenvalue weighted by atomic mass is 19.1. The highest BCUT2D eigenvalue weighted by Gasteiger charge is 2.10. The van der Waals surface area contributed by atoms with Crippen LogP contribution in [0.3, 0.4) is 0 Å². The molecular weight excluding hydrogens is 365 g/mol. The topological polar surface area (TPSA) is 47.8 Å². The Kier molecular flexibility index (Phi) is 4.13. The maximum absolute atomic E-state index is 14.8. The predicted molar refractivity (Wildman–Crippen MR) is 112 cm³/mol. The SMILES string of the molecule is O=c1c2ncccc2ncn1Cc1ccc(-c2ccc3ccccc3c2)cc1F. The highest BCUT2D eigenvalue weighted by molar-refractivity contribution is 5.87. The van der Waals surface area contributed by atoms with Crippen LogP contribution in [0.25, 0.3) is 32.9 Å². The zero-order valence-electron chi connectivity index (χ0n) is 15.4. The lowest BCUT2D eigenvalue weighted by atomic mass is 10.00. The lowest BCUT2D eigenvalue weighted by Crippen LogP contribution is -2.22. The number of halogens is 1. The lowest BCUT2D eigenvalue weighted by Gasteiger charge is -2.10. The molecule has 0 fully saturated rings. The molecule has 0 aliphatic rings. The molecule has 0 aliphatic carbocycles. The van der Waals surface area contributed by atoms with Crippen molar-refractivity contribution in [3.8, 4) is 11.1 Å². The number of nitrogens with zero attached hydrogens (tertiary/aromatic N) is 3. The molecule has 5 aromatic rings. The fourth-order valence-corrected chi connectivity index (χ4v) is 3.51. The Morgan fingerprint density at radius 1 is 0.828 bits per heavy atom. The van der Waals surface area contributed by atoms with Gasteiger partial charge in [-0.25, -0.2) is 14.4 Å². The molecule has 3 aromatic carbocycles. The number of aromatic nitrogens is 3. The van der Waals surface area contributed by atoms with Crippen LogP contribution in [-0.2, 0) is 6.54 Å². The number of rotatable bonds is 3. The summed E-state index contributed by atoms with van der Waals surface area (Å²) < 4.78 is 16.2. The van der Waals surface area contributed by atoms with E-state index in [4.69, 9.17) is 0 Å². The summed E-state index contributed by atoms with van der Waals surface area (Å²) in [7, 11) is 0. The van der Waals surface area contributed by atoms with E-state index < -0.39 is 0 Å². The van der Waals surface area contributed by atoms with Gasteiger partial charge in [0, 0.05) is 11.8 Å². The smallest absolute Gasteiger partial charge is 0.280 e. The van der Waals surface area contributed by atoms with Gasteiger partial charge in [-0.15, -0.1) is 0 Å². The normalized spacial score (nSPS) is 11.2. The average molecular weight is 381 g/mol. The maximum atomic E-state index is 14.8. The van der Waals surface area contributed by atoms with Crippen LogP contribution < -0.4 is 5.56 Å². The van der Waals surface area contributed by atoms with Crippen molar-refractivity contribution in [2.75, 3.05) is 0 Å². The van der Waals surface area contributed by atoms with Gasteiger partial charge >= 0.3 is 0 Å². The molecule has 0 radical (unpaired) electrons. The van der Waals surface area contributed by atoms with Crippen molar-refractivity contribution in [2.24, 2.45) is 0 Å². The first-order chi connectivity index (χ1) is 14.2. The van der Waals surface area contributed by atoms with Gasteiger partial charge in [-0.1, -0.05) is 48.5 Å². The van der Waals surface area contributed by atoms with E-state index in [1.165, 1.54) is 17.0 Å². The van der Waals surface area contributed by atoms with Crippen molar-refractivity contribution < 1.29 is 4.39 Å². The maximum Gasteiger partial charge on any atom is 0.280 e. The Morgan fingerprint density at radius 2 is 1.62 bits per heavy atom. The molecule has 140 valence electrons. The summed E-state index contributed by atoms with van der Waals surface area (Å²) in [6.45, 7) is 0.0994. The Hall–Kier alpha value is -3.86. The molecule has 0 spiro atoms. The molecule has 0 aliphatic heterocycles. The van der Waals surface area contributed by atoms with E-state index >= 15 is 0 Å². The van der Waals surface area contributed by atoms with Gasteiger partial charge in [0.2, 0.25) is 0 Å². The van der Waals surface area contributed by atoms with Gasteiger partial charge in [-0.05, 0) is 46.2 Å². The standard InChI is InChI=1S/C24H16FN3O/c25-21-13-19(18-8-7-16-4-1-2-5-17(16)12-18)9-10-20(21)14-28-15-27-22-6-3-11-26-23(22)24(28)29/h1-13,15H,14H2. The first-order valence-electron chi connectivity index (χ1n) is 9.27. The second kappa shape index (κ2) is 6.95. The number of fused-ring (bicyclic) bond motifs is 2. The second-order valence-electron chi connectivity index (χ2n) is 6.92. The minimum Gasteiger partial charge on any atom is -0.293 e. The molecule has 2 heterocycles. The molecule has 5 rings (SSSR count). The zero-order valence-corrected chi connectivity index (χ0v) is 15.4. The van der Waals surface area contributed by atoms with E-state index in [0.29, 0.717) is 11.1 Å². The van der Waals surface area contributed by atoms with Gasteiger partial charge in [-0.2, -0.15) is 0 Å². The Morgan fingerprint density at radius 3 is 2.48 bits per heavy atom. The summed E-state index contributed by atoms with van der Waals surface area (Å²) in [4.78, 5) is 20.9. The van der Waals surface area contributed by atoms with Crippen LogP contribution in [0.5, 0.6) is 0 Å². The third-order valence-corrected chi connectivity index (χ3v) is 5.06. The van der Waals surface area contributed by atoms with E-state index in [0.717, 1.165) is 21.9 Å². The molecule has 29 heavy (non-hydrogen) atoms. The van der Waals surface area contributed by atoms with Gasteiger partial charge in [-0.3, -0.25) is 9.36 Å². The number of benzene rings is 3. The van der Waals surface area contributed by atoms with E-state index in [2.05, 4.69) is 9.97 Å². The number of pyridine rings is 1. The van der Waals surface area contributed by atoms with E-state index in [9.17, 15) is 9.18 Å². The van der Waals surface area contributed by atoms with Gasteiger partial charge < -0.3 is 0 Å². The van der Waals surface area contributed by atoms with Gasteiger partial charge in [0.05, 0.1) is 18.4 Å². The van der Waals surface area contributed by atoms with Gasteiger partial charge in [0.1, 0.15) is 5.82 Å². The van der Waals surface area contributed by atoms with Crippen LogP contribution in [0, 0.1) is 5.82 Å². The molecule has 0 amide bonds. The van der Waals surface area contributed by atoms with E-state index in [1.807, 2.05) is 48.5 Å². The molecule has 4 nitrogen and oxygen atoms in total. The monoisotopic (exact) mass is 381 g/mol. The third-order valence-electron chi connectivity index (χ3n) is 5.06. The van der Waals surface area contributed by atoms with E-state index in [-0.39, 0.29) is 23.4 Å². The van der Waals surface area contributed by atoms with Crippen LogP contribution in [0.1, 0.15) is 5.56 Å². The van der Waals surface area contributed by atoms with Crippen LogP contribution in [0.4, 0.5) is 4.39 Å². The molecule has 0 saturated carbocycles. The number of hydrogen-bond donors (Lipinski definition) is 0. The average Bonchev–Trinajstić information content (AvgIpc) is 2.76. The van der Waals surface area contributed by atoms with Crippen molar-refractivity contribution >= 4 is 21.8 Å². The van der Waals surface area contributed by atoms with Crippen molar-refractivity contribution in [3.63, 3.8) is 0 Å². The second-order valence-corrected chi connectivity index (χ2v) is 6.92. The Labute approximate surface area is 165 Å². The highest BCUT2D eigenvalue weighted by Crippen LogP contribution is 2.26. The molecule has 5 heteroatoms. The summed E-state index contributed by atoms with van der Waals surface area (Å²) in [6, 6.07) is 22.7. The molecule has 0 atom stereocenters. The zero-order chi connectivity index (χ0) is 19.8. The third kappa shape index (κ3) is 3.17. The van der Waals surface area contributed by atoms with Crippen molar-refractivity contribution in [1.29, 1.82) is 0 Å². The molecule has 0 saturated heterocycles. The fourth-order valence-electron chi connectivity index (χ4n) is 3.51. The van der Waals surface area contributed by atoms with Crippen LogP contribution in [-0.4, -0.2) is 14.5 Å². The lowest BCUT2D eigenvalue weighted by molar-refractivity contribution is 0.595. The summed E-state index contributed by atoms with van der Waals surface area (Å²) in [6.07, 6.45) is 2.98. The Bertz CT molecular complexity index is 1430. The summed E-state index contributed by atoms with van der Waals surface area (Å²) in [5.41, 5.74) is 2.69. The predicted octanol–water partition coefficient (Wildman–Crippen LogP) is 4.80. The molecule has 0 bridgehead atoms. The quantitative estimate of drug-likeness (QED) is 0.451. The minimum atomic E-state index is -0.358. The van der Waals surface area contributed by atoms with Crippen molar-refractivity contribution in [2.45, 2.75) is 6.54 Å². The molecule has 0 unspecified atom stereocenters. The first-order valence-corrected chi connectivity index (χ1v) is 9.27. The summed E-state index contributed by atoms with van der Waals surface area (Å²) >= 11 is 0. The van der Waals surface area contributed by atoms with Crippen LogP contribution >= 0.6 is 0 Å².